The number of hydrogen-bond donors (Lipinski definition) is 0. The van der Waals surface area contributed by atoms with Gasteiger partial charge in [0.2, 0.25) is 5.82 Å². The molecule has 1 aliphatic rings. The van der Waals surface area contributed by atoms with Crippen LogP contribution in [-0.4, -0.2) is 23.9 Å². The van der Waals surface area contributed by atoms with Crippen molar-refractivity contribution in [3.63, 3.8) is 0 Å². The quantitative estimate of drug-likeness (QED) is 0.292. The maximum Gasteiger partial charge on any atom is 0.417 e. The van der Waals surface area contributed by atoms with Gasteiger partial charge in [0.1, 0.15) is 18.5 Å². The summed E-state index contributed by atoms with van der Waals surface area (Å²) in [7, 11) is 1.14. The molecule has 4 nitrogen and oxygen atoms in total. The fraction of sp³-hybridized carbons (Fsp3) is 0.345. The zero-order chi connectivity index (χ0) is 27.8. The van der Waals surface area contributed by atoms with E-state index in [1.54, 1.807) is 13.0 Å². The van der Waals surface area contributed by atoms with E-state index in [-0.39, 0.29) is 17.9 Å². The van der Waals surface area contributed by atoms with Crippen molar-refractivity contribution in [2.24, 2.45) is 5.92 Å². The highest BCUT2D eigenvalue weighted by Crippen LogP contribution is 2.59. The Balaban J connectivity index is 1.85. The van der Waals surface area contributed by atoms with Gasteiger partial charge in [0, 0.05) is 34.7 Å². The van der Waals surface area contributed by atoms with Gasteiger partial charge in [0.25, 0.3) is 0 Å². The van der Waals surface area contributed by atoms with Crippen molar-refractivity contribution in [3.05, 3.63) is 94.8 Å². The van der Waals surface area contributed by atoms with E-state index in [0.717, 1.165) is 25.7 Å². The average Bonchev–Trinajstić information content (AvgIpc) is 3.16. The third-order valence-electron chi connectivity index (χ3n) is 7.28. The largest absolute Gasteiger partial charge is 0.493 e. The Labute approximate surface area is 218 Å². The zero-order valence-corrected chi connectivity index (χ0v) is 21.4. The summed E-state index contributed by atoms with van der Waals surface area (Å²) in [6, 6.07) is 13.0. The fourth-order valence-corrected chi connectivity index (χ4v) is 4.99. The minimum Gasteiger partial charge on any atom is -0.493 e. The number of aryl methyl sites for hydroxylation is 1. The molecule has 0 amide bonds. The highest BCUT2D eigenvalue weighted by Gasteiger charge is 2.65. The molecule has 1 aliphatic heterocycles. The average molecular weight is 534 g/mol. The number of halogens is 5. The summed E-state index contributed by atoms with van der Waals surface area (Å²) in [6.45, 7) is 8.02. The zero-order valence-electron chi connectivity index (χ0n) is 21.4. The Morgan fingerprint density at radius 1 is 1.13 bits per heavy atom. The van der Waals surface area contributed by atoms with Gasteiger partial charge in [-0.25, -0.2) is 4.39 Å². The van der Waals surface area contributed by atoms with Crippen molar-refractivity contribution >= 4 is 6.08 Å². The minimum atomic E-state index is -4.76. The Bertz CT molecular complexity index is 1330. The van der Waals surface area contributed by atoms with Gasteiger partial charge in [-0.3, -0.25) is 4.98 Å². The standard InChI is InChI=1S/C29H28F5NO3/c1-6-19-17(3)35-22(14-23(19)37-15-18-10-8-7-9-11-18)27-24(16(2)28(4,38-27)29(32,33)34)20-12-13-21(30)25(31)26(20)36-5/h6-14,16,24,27H,1,15H2,2-5H3/t16-,24-,27-,28+/m0/s1. The summed E-state index contributed by atoms with van der Waals surface area (Å²) >= 11 is 0. The second-order valence-electron chi connectivity index (χ2n) is 9.46. The molecule has 4 rings (SSSR count). The van der Waals surface area contributed by atoms with E-state index in [4.69, 9.17) is 14.2 Å². The smallest absolute Gasteiger partial charge is 0.417 e. The number of rotatable bonds is 7. The van der Waals surface area contributed by atoms with Crippen molar-refractivity contribution in [1.82, 2.24) is 4.98 Å². The van der Waals surface area contributed by atoms with Crippen molar-refractivity contribution in [2.75, 3.05) is 7.11 Å². The van der Waals surface area contributed by atoms with Crippen LogP contribution in [0.4, 0.5) is 22.0 Å². The molecule has 1 fully saturated rings. The predicted molar refractivity (Wildman–Crippen MR) is 133 cm³/mol. The number of alkyl halides is 3. The van der Waals surface area contributed by atoms with Gasteiger partial charge < -0.3 is 14.2 Å². The summed E-state index contributed by atoms with van der Waals surface area (Å²) < 4.78 is 88.6. The van der Waals surface area contributed by atoms with Crippen molar-refractivity contribution < 1.29 is 36.2 Å². The summed E-state index contributed by atoms with van der Waals surface area (Å²) in [6.07, 6.45) is -4.47. The van der Waals surface area contributed by atoms with Crippen LogP contribution in [-0.2, 0) is 11.3 Å². The van der Waals surface area contributed by atoms with E-state index in [0.29, 0.717) is 17.0 Å². The molecule has 0 radical (unpaired) electrons. The van der Waals surface area contributed by atoms with Gasteiger partial charge >= 0.3 is 6.18 Å². The molecule has 0 spiro atoms. The molecule has 2 heterocycles. The van der Waals surface area contributed by atoms with Crippen LogP contribution in [0.2, 0.25) is 0 Å². The molecule has 38 heavy (non-hydrogen) atoms. The van der Waals surface area contributed by atoms with E-state index in [1.165, 1.54) is 19.1 Å². The Morgan fingerprint density at radius 3 is 2.42 bits per heavy atom. The summed E-state index contributed by atoms with van der Waals surface area (Å²) in [4.78, 5) is 4.54. The van der Waals surface area contributed by atoms with E-state index < -0.39 is 47.1 Å². The van der Waals surface area contributed by atoms with Crippen LogP contribution in [0.5, 0.6) is 11.5 Å². The highest BCUT2D eigenvalue weighted by molar-refractivity contribution is 5.59. The lowest BCUT2D eigenvalue weighted by Gasteiger charge is -2.32. The first-order valence-electron chi connectivity index (χ1n) is 12.0. The highest BCUT2D eigenvalue weighted by atomic mass is 19.4. The lowest BCUT2D eigenvalue weighted by Crippen LogP contribution is -2.46. The lowest BCUT2D eigenvalue weighted by molar-refractivity contribution is -0.275. The van der Waals surface area contributed by atoms with E-state index in [9.17, 15) is 22.0 Å². The second-order valence-corrected chi connectivity index (χ2v) is 9.46. The van der Waals surface area contributed by atoms with Crippen molar-refractivity contribution in [1.29, 1.82) is 0 Å². The Kier molecular flexibility index (Phi) is 7.52. The monoisotopic (exact) mass is 533 g/mol. The van der Waals surface area contributed by atoms with Gasteiger partial charge in [-0.05, 0) is 25.5 Å². The fourth-order valence-electron chi connectivity index (χ4n) is 4.99. The molecule has 3 aromatic rings. The Hall–Kier alpha value is -3.46. The first-order valence-corrected chi connectivity index (χ1v) is 12.0. The van der Waals surface area contributed by atoms with Gasteiger partial charge in [0.15, 0.2) is 17.2 Å². The lowest BCUT2D eigenvalue weighted by atomic mass is 9.76. The third-order valence-corrected chi connectivity index (χ3v) is 7.28. The van der Waals surface area contributed by atoms with Crippen LogP contribution in [0.3, 0.4) is 0 Å². The predicted octanol–water partition coefficient (Wildman–Crippen LogP) is 7.71. The van der Waals surface area contributed by atoms with Crippen molar-refractivity contribution in [2.45, 2.75) is 51.2 Å². The van der Waals surface area contributed by atoms with E-state index in [2.05, 4.69) is 11.6 Å². The number of aromatic nitrogens is 1. The number of benzene rings is 2. The molecule has 1 saturated heterocycles. The van der Waals surface area contributed by atoms with Crippen LogP contribution >= 0.6 is 0 Å². The molecule has 9 heteroatoms. The Morgan fingerprint density at radius 2 is 1.82 bits per heavy atom. The van der Waals surface area contributed by atoms with Crippen LogP contribution < -0.4 is 9.47 Å². The first-order chi connectivity index (χ1) is 17.9. The van der Waals surface area contributed by atoms with Gasteiger partial charge in [0.05, 0.1) is 12.8 Å². The minimum absolute atomic E-state index is 0.0517. The molecule has 0 aliphatic carbocycles. The van der Waals surface area contributed by atoms with Gasteiger partial charge in [-0.2, -0.15) is 17.6 Å². The van der Waals surface area contributed by atoms with Gasteiger partial charge in [-0.15, -0.1) is 0 Å². The molecule has 202 valence electrons. The molecule has 0 saturated carbocycles. The SMILES string of the molecule is C=Cc1c(OCc2ccccc2)cc([C@@H]2O[C@@](C)(C(F)(F)F)[C@@H](C)[C@H]2c2ccc(F)c(F)c2OC)nc1C. The summed E-state index contributed by atoms with van der Waals surface area (Å²) in [5, 5.41) is 0. The molecule has 1 aromatic heterocycles. The van der Waals surface area contributed by atoms with Gasteiger partial charge in [-0.1, -0.05) is 56.0 Å². The number of pyridine rings is 1. The second kappa shape index (κ2) is 10.4. The first kappa shape index (κ1) is 27.6. The molecular weight excluding hydrogens is 505 g/mol. The molecule has 0 N–H and O–H groups in total. The molecule has 0 bridgehead atoms. The van der Waals surface area contributed by atoms with Crippen LogP contribution in [0.25, 0.3) is 6.08 Å². The maximum atomic E-state index is 14.7. The van der Waals surface area contributed by atoms with E-state index in [1.807, 2.05) is 30.3 Å². The molecule has 2 aromatic carbocycles. The van der Waals surface area contributed by atoms with E-state index >= 15 is 0 Å². The topological polar surface area (TPSA) is 40.6 Å². The molecule has 4 atom stereocenters. The summed E-state index contributed by atoms with van der Waals surface area (Å²) in [5.41, 5.74) is -0.456. The third kappa shape index (κ3) is 4.75. The number of ether oxygens (including phenoxy) is 3. The number of hydrogen-bond acceptors (Lipinski definition) is 4. The van der Waals surface area contributed by atoms with Crippen LogP contribution in [0.1, 0.15) is 53.9 Å². The summed E-state index contributed by atoms with van der Waals surface area (Å²) in [5.74, 6) is -4.85. The number of methoxy groups -OCH3 is 1. The normalized spacial score (nSPS) is 23.3. The number of nitrogens with zero attached hydrogens (tertiary/aromatic N) is 1. The molecular formula is C29H28F5NO3. The maximum absolute atomic E-state index is 14.7. The van der Waals surface area contributed by atoms with Crippen molar-refractivity contribution in [3.8, 4) is 11.5 Å². The van der Waals surface area contributed by atoms with Crippen LogP contribution in [0, 0.1) is 24.5 Å². The van der Waals surface area contributed by atoms with Crippen LogP contribution in [0.15, 0.2) is 55.1 Å². The molecule has 0 unspecified atom stereocenters.